The summed E-state index contributed by atoms with van der Waals surface area (Å²) in [5, 5.41) is 19.2. The first-order valence-electron chi connectivity index (χ1n) is 11.0. The van der Waals surface area contributed by atoms with Gasteiger partial charge in [0.25, 0.3) is 0 Å². The third kappa shape index (κ3) is 5.17. The van der Waals surface area contributed by atoms with Gasteiger partial charge in [0.1, 0.15) is 17.2 Å². The zero-order valence-electron chi connectivity index (χ0n) is 19.9. The molecule has 1 aliphatic heterocycles. The maximum absolute atomic E-state index is 13.7. The number of hydrogen-bond acceptors (Lipinski definition) is 7. The monoisotopic (exact) mass is 551 g/mol. The van der Waals surface area contributed by atoms with Crippen LogP contribution in [-0.2, 0) is 14.8 Å². The van der Waals surface area contributed by atoms with Crippen LogP contribution in [0.5, 0.6) is 5.75 Å². The zero-order valence-corrected chi connectivity index (χ0v) is 20.7. The maximum Gasteiger partial charge on any atom is 0.511 e. The number of aromatic hydroxyl groups is 1. The van der Waals surface area contributed by atoms with E-state index in [0.29, 0.717) is 0 Å². The molecular formula is C24H21F4N5O4S. The van der Waals surface area contributed by atoms with Gasteiger partial charge in [0.15, 0.2) is 5.71 Å². The second-order valence-electron chi connectivity index (χ2n) is 8.58. The van der Waals surface area contributed by atoms with Crippen LogP contribution >= 0.6 is 0 Å². The Balaban J connectivity index is 1.69. The van der Waals surface area contributed by atoms with Crippen molar-refractivity contribution >= 4 is 38.6 Å². The van der Waals surface area contributed by atoms with Crippen LogP contribution in [0.15, 0.2) is 70.9 Å². The number of rotatable bonds is 6. The number of phenols is 1. The second-order valence-corrected chi connectivity index (χ2v) is 10.2. The maximum atomic E-state index is 13.7. The fourth-order valence-electron chi connectivity index (χ4n) is 3.86. The minimum absolute atomic E-state index is 0.0783. The molecule has 1 atom stereocenters. The van der Waals surface area contributed by atoms with E-state index in [2.05, 4.69) is 15.6 Å². The van der Waals surface area contributed by atoms with E-state index in [-0.39, 0.29) is 39.6 Å². The lowest BCUT2D eigenvalue weighted by atomic mass is 9.90. The molecule has 2 aromatic rings. The van der Waals surface area contributed by atoms with E-state index in [9.17, 15) is 35.9 Å². The Morgan fingerprint density at radius 1 is 1.16 bits per heavy atom. The summed E-state index contributed by atoms with van der Waals surface area (Å²) in [5.41, 5.74) is -4.63. The van der Waals surface area contributed by atoms with Crippen molar-refractivity contribution in [1.82, 2.24) is 10.1 Å². The number of nitrogens with one attached hydrogen (secondary N) is 2. The summed E-state index contributed by atoms with van der Waals surface area (Å²) in [6.45, 7) is 2.92. The number of aryl methyl sites for hydroxylation is 1. The Kier molecular flexibility index (Phi) is 6.88. The number of nitrogens with zero attached hydrogens (tertiary/aromatic N) is 3. The number of amides is 1. The third-order valence-corrected chi connectivity index (χ3v) is 7.00. The number of hydrogen-bond donors (Lipinski definition) is 3. The van der Waals surface area contributed by atoms with Crippen molar-refractivity contribution in [1.29, 1.82) is 0 Å². The molecule has 1 amide bonds. The van der Waals surface area contributed by atoms with E-state index in [1.54, 1.807) is 16.9 Å². The highest BCUT2D eigenvalue weighted by Crippen LogP contribution is 2.35. The average molecular weight is 552 g/mol. The average Bonchev–Trinajstić information content (AvgIpc) is 3.12. The number of carbonyl (C=O) groups is 1. The highest BCUT2D eigenvalue weighted by Gasteiger charge is 2.50. The standard InChI is InChI=1S/C24H21F4N5O4S/c1-14-12-17(9-10-19(14)25)33-22(35)21(15(2)30-33)29-31-23(32-38(36,37)24(26,27)28)11-5-6-16(13-23)18-7-3-4-8-20(18)34/h3-12,31-32,34H,13H2,1-2H3. The van der Waals surface area contributed by atoms with Crippen LogP contribution in [0.4, 0.5) is 23.2 Å². The molecule has 0 saturated carbocycles. The Labute approximate surface area is 214 Å². The summed E-state index contributed by atoms with van der Waals surface area (Å²) in [4.78, 5) is 13.0. The number of sulfonamides is 1. The Morgan fingerprint density at radius 3 is 2.53 bits per heavy atom. The second kappa shape index (κ2) is 9.68. The fourth-order valence-corrected chi connectivity index (χ4v) is 4.64. The van der Waals surface area contributed by atoms with E-state index < -0.39 is 39.3 Å². The van der Waals surface area contributed by atoms with Crippen LogP contribution < -0.4 is 15.2 Å². The molecule has 0 fully saturated rings. The molecule has 9 nitrogen and oxygen atoms in total. The normalized spacial score (nSPS) is 21.1. The molecule has 4 rings (SSSR count). The number of carbonyl (C=O) groups excluding carboxylic acids is 1. The largest absolute Gasteiger partial charge is 0.511 e. The third-order valence-electron chi connectivity index (χ3n) is 5.76. The number of alkyl halides is 3. The van der Waals surface area contributed by atoms with Crippen LogP contribution in [0.1, 0.15) is 24.5 Å². The fraction of sp³-hybridized carbons (Fsp3) is 0.208. The summed E-state index contributed by atoms with van der Waals surface area (Å²) in [7, 11) is -5.89. The number of hydrazone groups is 2. The number of anilines is 1. The van der Waals surface area contributed by atoms with E-state index in [0.717, 1.165) is 17.2 Å². The van der Waals surface area contributed by atoms with Gasteiger partial charge in [-0.2, -0.15) is 33.1 Å². The highest BCUT2D eigenvalue weighted by molar-refractivity contribution is 7.90. The van der Waals surface area contributed by atoms with Gasteiger partial charge in [0.05, 0.1) is 11.4 Å². The number of para-hydroxylation sites is 1. The molecule has 2 aromatic carbocycles. The van der Waals surface area contributed by atoms with Gasteiger partial charge in [-0.1, -0.05) is 30.4 Å². The summed E-state index contributed by atoms with van der Waals surface area (Å²) >= 11 is 0. The van der Waals surface area contributed by atoms with Gasteiger partial charge >= 0.3 is 21.4 Å². The van der Waals surface area contributed by atoms with Crippen molar-refractivity contribution in [2.75, 3.05) is 5.01 Å². The summed E-state index contributed by atoms with van der Waals surface area (Å²) in [6, 6.07) is 9.86. The highest BCUT2D eigenvalue weighted by atomic mass is 32.2. The van der Waals surface area contributed by atoms with Crippen LogP contribution in [0, 0.1) is 12.7 Å². The smallest absolute Gasteiger partial charge is 0.507 e. The van der Waals surface area contributed by atoms with E-state index in [4.69, 9.17) is 0 Å². The summed E-state index contributed by atoms with van der Waals surface area (Å²) < 4.78 is 79.4. The molecule has 2 aliphatic rings. The van der Waals surface area contributed by atoms with Crippen molar-refractivity contribution in [3.63, 3.8) is 0 Å². The summed E-state index contributed by atoms with van der Waals surface area (Å²) in [6.07, 6.45) is 3.48. The Hall–Kier alpha value is -4.04. The van der Waals surface area contributed by atoms with Gasteiger partial charge in [-0.3, -0.25) is 10.2 Å². The molecule has 14 heteroatoms. The van der Waals surface area contributed by atoms with Gasteiger partial charge in [0.2, 0.25) is 0 Å². The first-order chi connectivity index (χ1) is 17.7. The quantitative estimate of drug-likeness (QED) is 0.287. The Bertz CT molecular complexity index is 1530. The molecule has 38 heavy (non-hydrogen) atoms. The predicted octanol–water partition coefficient (Wildman–Crippen LogP) is 3.69. The van der Waals surface area contributed by atoms with Crippen LogP contribution in [-0.4, -0.2) is 42.0 Å². The number of halogens is 4. The van der Waals surface area contributed by atoms with Crippen LogP contribution in [0.25, 0.3) is 5.57 Å². The molecule has 1 heterocycles. The van der Waals surface area contributed by atoms with Crippen LogP contribution in [0.3, 0.4) is 0 Å². The Morgan fingerprint density at radius 2 is 1.87 bits per heavy atom. The minimum Gasteiger partial charge on any atom is -0.507 e. The number of phenolic OH excluding ortho intramolecular Hbond substituents is 1. The summed E-state index contributed by atoms with van der Waals surface area (Å²) in [5.74, 6) is -1.44. The van der Waals surface area contributed by atoms with Gasteiger partial charge < -0.3 is 5.11 Å². The molecule has 0 aromatic heterocycles. The lowest BCUT2D eigenvalue weighted by molar-refractivity contribution is -0.112. The van der Waals surface area contributed by atoms with Crippen molar-refractivity contribution in [2.45, 2.75) is 31.4 Å². The lowest BCUT2D eigenvalue weighted by Gasteiger charge is -2.34. The molecule has 0 saturated heterocycles. The lowest BCUT2D eigenvalue weighted by Crippen LogP contribution is -2.59. The van der Waals surface area contributed by atoms with E-state index in [1.165, 1.54) is 50.3 Å². The molecular weight excluding hydrogens is 530 g/mol. The van der Waals surface area contributed by atoms with Crippen molar-refractivity contribution in [3.05, 3.63) is 77.6 Å². The first kappa shape index (κ1) is 27.0. The van der Waals surface area contributed by atoms with Gasteiger partial charge in [0, 0.05) is 12.0 Å². The molecule has 200 valence electrons. The molecule has 1 unspecified atom stereocenters. The predicted molar refractivity (Wildman–Crippen MR) is 133 cm³/mol. The molecule has 0 spiro atoms. The minimum atomic E-state index is -5.89. The van der Waals surface area contributed by atoms with Crippen LogP contribution in [0.2, 0.25) is 0 Å². The zero-order chi connectivity index (χ0) is 27.9. The van der Waals surface area contributed by atoms with E-state index in [1.807, 2.05) is 0 Å². The molecule has 0 bridgehead atoms. The number of allylic oxidation sites excluding steroid dienone is 2. The van der Waals surface area contributed by atoms with Crippen molar-refractivity contribution < 1.29 is 35.9 Å². The van der Waals surface area contributed by atoms with Gasteiger partial charge in [-0.05, 0) is 55.3 Å². The van der Waals surface area contributed by atoms with Gasteiger partial charge in [-0.15, -0.1) is 0 Å². The topological polar surface area (TPSA) is 123 Å². The van der Waals surface area contributed by atoms with E-state index >= 15 is 0 Å². The molecule has 0 radical (unpaired) electrons. The van der Waals surface area contributed by atoms with Crippen molar-refractivity contribution in [3.8, 4) is 5.75 Å². The molecule has 3 N–H and O–H groups in total. The SMILES string of the molecule is CC1=NN(c2ccc(F)c(C)c2)C(=O)C1=NNC1(NS(=O)(=O)C(F)(F)F)C=CC=C(c2ccccc2O)C1. The van der Waals surface area contributed by atoms with Gasteiger partial charge in [-0.25, -0.2) is 12.8 Å². The van der Waals surface area contributed by atoms with Crippen molar-refractivity contribution in [2.24, 2.45) is 10.2 Å². The first-order valence-corrected chi connectivity index (χ1v) is 12.5. The molecule has 1 aliphatic carbocycles. The number of benzene rings is 2.